The van der Waals surface area contributed by atoms with Gasteiger partial charge in [0.05, 0.1) is 11.7 Å². The van der Waals surface area contributed by atoms with E-state index in [1.807, 2.05) is 0 Å². The Bertz CT molecular complexity index is 1140. The maximum atomic E-state index is 12.7. The highest BCUT2D eigenvalue weighted by atomic mass is 35.5. The molecule has 1 heterocycles. The Morgan fingerprint density at radius 1 is 1.06 bits per heavy atom. The highest BCUT2D eigenvalue weighted by Crippen LogP contribution is 2.40. The summed E-state index contributed by atoms with van der Waals surface area (Å²) < 4.78 is 17.9. The summed E-state index contributed by atoms with van der Waals surface area (Å²) in [6.45, 7) is 11.2. The lowest BCUT2D eigenvalue weighted by molar-refractivity contribution is -0.0415. The van der Waals surface area contributed by atoms with Gasteiger partial charge in [-0.2, -0.15) is 0 Å². The molecule has 0 unspecified atom stereocenters. The van der Waals surface area contributed by atoms with Crippen LogP contribution in [0.2, 0.25) is 28.2 Å². The molecule has 0 radical (unpaired) electrons. The van der Waals surface area contributed by atoms with Gasteiger partial charge in [0.2, 0.25) is 5.89 Å². The molecule has 1 aliphatic rings. The van der Waals surface area contributed by atoms with E-state index < -0.39 is 8.32 Å². The third kappa shape index (κ3) is 4.88. The fourth-order valence-electron chi connectivity index (χ4n) is 3.38. The van der Waals surface area contributed by atoms with E-state index in [2.05, 4.69) is 38.8 Å². The van der Waals surface area contributed by atoms with E-state index in [9.17, 15) is 4.79 Å². The van der Waals surface area contributed by atoms with Crippen molar-refractivity contribution in [2.75, 3.05) is 0 Å². The Balaban J connectivity index is 1.41. The lowest BCUT2D eigenvalue weighted by Gasteiger charge is -2.44. The van der Waals surface area contributed by atoms with Crippen LogP contribution in [-0.2, 0) is 9.16 Å². The number of aromatic nitrogens is 1. The molecule has 1 aliphatic carbocycles. The third-order valence-electron chi connectivity index (χ3n) is 6.33. The van der Waals surface area contributed by atoms with Crippen molar-refractivity contribution >= 4 is 48.6 Å². The van der Waals surface area contributed by atoms with Gasteiger partial charge in [-0.25, -0.2) is 9.78 Å². The minimum Gasteiger partial charge on any atom is -0.459 e. The number of carbonyl (C=O) groups excluding carboxylic acids is 1. The number of carbonyl (C=O) groups is 1. The Hall–Kier alpha value is -1.86. The van der Waals surface area contributed by atoms with Crippen LogP contribution < -0.4 is 0 Å². The molecule has 1 saturated carbocycles. The van der Waals surface area contributed by atoms with Gasteiger partial charge in [0.1, 0.15) is 11.6 Å². The van der Waals surface area contributed by atoms with Crippen molar-refractivity contribution in [3.8, 4) is 11.5 Å². The molecular formula is C24H27Cl2NO4Si. The van der Waals surface area contributed by atoms with E-state index in [-0.39, 0.29) is 23.2 Å². The maximum Gasteiger partial charge on any atom is 0.338 e. The van der Waals surface area contributed by atoms with Crippen molar-refractivity contribution < 1.29 is 18.4 Å². The maximum absolute atomic E-state index is 12.7. The second kappa shape index (κ2) is 8.49. The number of esters is 1. The zero-order valence-electron chi connectivity index (χ0n) is 18.9. The Kier molecular flexibility index (Phi) is 6.18. The number of fused-ring (bicyclic) bond motifs is 1. The van der Waals surface area contributed by atoms with Gasteiger partial charge in [-0.3, -0.25) is 0 Å². The Morgan fingerprint density at radius 2 is 1.72 bits per heavy atom. The normalized spacial score (nSPS) is 19.1. The number of hydrogen-bond acceptors (Lipinski definition) is 5. The molecule has 32 heavy (non-hydrogen) atoms. The fourth-order valence-corrected chi connectivity index (χ4v) is 5.28. The number of hydrogen-bond donors (Lipinski definition) is 0. The number of oxazole rings is 1. The van der Waals surface area contributed by atoms with Crippen LogP contribution in [0.25, 0.3) is 22.6 Å². The summed E-state index contributed by atoms with van der Waals surface area (Å²) in [6.07, 6.45) is 1.52. The standard InChI is InChI=1S/C24H27Cl2NO4Si/c1-24(2,3)32(4,5)31-19-12-18(13-19)29-23(28)14-6-7-20-21(10-14)30-22(27-20)15-8-16(25)11-17(26)9-15/h6-11,18-19H,12-13H2,1-5H3/t18-,19+. The fraction of sp³-hybridized carbons (Fsp3) is 0.417. The van der Waals surface area contributed by atoms with Crippen molar-refractivity contribution in [3.05, 3.63) is 52.0 Å². The minimum absolute atomic E-state index is 0.119. The summed E-state index contributed by atoms with van der Waals surface area (Å²) in [5, 5.41) is 1.15. The van der Waals surface area contributed by atoms with Crippen molar-refractivity contribution in [1.29, 1.82) is 0 Å². The van der Waals surface area contributed by atoms with Gasteiger partial charge in [-0.1, -0.05) is 44.0 Å². The summed E-state index contributed by atoms with van der Waals surface area (Å²) in [6, 6.07) is 10.2. The predicted octanol–water partition coefficient (Wildman–Crippen LogP) is 7.51. The summed E-state index contributed by atoms with van der Waals surface area (Å²) in [7, 11) is -1.81. The van der Waals surface area contributed by atoms with Crippen LogP contribution in [0.1, 0.15) is 44.0 Å². The highest BCUT2D eigenvalue weighted by molar-refractivity contribution is 6.74. The zero-order valence-corrected chi connectivity index (χ0v) is 21.4. The van der Waals surface area contributed by atoms with Crippen molar-refractivity contribution in [3.63, 3.8) is 0 Å². The average Bonchev–Trinajstić information content (AvgIpc) is 3.07. The van der Waals surface area contributed by atoms with Gasteiger partial charge in [0.15, 0.2) is 13.9 Å². The summed E-state index contributed by atoms with van der Waals surface area (Å²) >= 11 is 12.2. The first kappa shape index (κ1) is 23.3. The van der Waals surface area contributed by atoms with E-state index in [1.54, 1.807) is 36.4 Å². The molecule has 4 rings (SSSR count). The molecular weight excluding hydrogens is 465 g/mol. The molecule has 5 nitrogen and oxygen atoms in total. The van der Waals surface area contributed by atoms with Crippen LogP contribution in [0.15, 0.2) is 40.8 Å². The molecule has 0 N–H and O–H groups in total. The first-order valence-electron chi connectivity index (χ1n) is 10.7. The van der Waals surface area contributed by atoms with E-state index >= 15 is 0 Å². The Labute approximate surface area is 199 Å². The molecule has 0 aliphatic heterocycles. The first-order chi connectivity index (χ1) is 14.9. The molecule has 2 aromatic carbocycles. The van der Waals surface area contributed by atoms with Crippen LogP contribution >= 0.6 is 23.2 Å². The summed E-state index contributed by atoms with van der Waals surface area (Å²) in [4.78, 5) is 17.1. The number of nitrogens with zero attached hydrogens (tertiary/aromatic N) is 1. The van der Waals surface area contributed by atoms with Gasteiger partial charge in [0, 0.05) is 28.5 Å². The largest absolute Gasteiger partial charge is 0.459 e. The van der Waals surface area contributed by atoms with Crippen LogP contribution in [-0.4, -0.2) is 31.5 Å². The molecule has 3 aromatic rings. The highest BCUT2D eigenvalue weighted by Gasteiger charge is 2.43. The molecule has 170 valence electrons. The Morgan fingerprint density at radius 3 is 2.34 bits per heavy atom. The van der Waals surface area contributed by atoms with Gasteiger partial charge >= 0.3 is 5.97 Å². The molecule has 1 fully saturated rings. The molecule has 1 aromatic heterocycles. The van der Waals surface area contributed by atoms with Gasteiger partial charge < -0.3 is 13.6 Å². The molecule has 0 saturated heterocycles. The lowest BCUT2D eigenvalue weighted by atomic mass is 9.92. The van der Waals surface area contributed by atoms with Crippen LogP contribution in [0.3, 0.4) is 0 Å². The number of halogens is 2. The molecule has 8 heteroatoms. The number of ether oxygens (including phenoxy) is 1. The molecule has 0 amide bonds. The van der Waals surface area contributed by atoms with E-state index in [4.69, 9.17) is 36.8 Å². The second-order valence-corrected chi connectivity index (χ2v) is 15.5. The predicted molar refractivity (Wildman–Crippen MR) is 130 cm³/mol. The van der Waals surface area contributed by atoms with Crippen LogP contribution in [0.4, 0.5) is 0 Å². The number of rotatable bonds is 5. The lowest BCUT2D eigenvalue weighted by Crippen LogP contribution is -2.49. The van der Waals surface area contributed by atoms with E-state index in [0.29, 0.717) is 38.2 Å². The number of benzene rings is 2. The van der Waals surface area contributed by atoms with E-state index in [1.165, 1.54) is 0 Å². The third-order valence-corrected chi connectivity index (χ3v) is 11.3. The minimum atomic E-state index is -1.81. The average molecular weight is 492 g/mol. The van der Waals surface area contributed by atoms with Crippen molar-refractivity contribution in [2.45, 2.75) is 64.0 Å². The monoisotopic (exact) mass is 491 g/mol. The van der Waals surface area contributed by atoms with Crippen LogP contribution in [0.5, 0.6) is 0 Å². The topological polar surface area (TPSA) is 61.6 Å². The summed E-state index contributed by atoms with van der Waals surface area (Å²) in [5.74, 6) is 0.0194. The van der Waals surface area contributed by atoms with Crippen molar-refractivity contribution in [1.82, 2.24) is 4.98 Å². The molecule has 0 atom stereocenters. The smallest absolute Gasteiger partial charge is 0.338 e. The van der Waals surface area contributed by atoms with Gasteiger partial charge in [-0.05, 0) is 54.5 Å². The van der Waals surface area contributed by atoms with E-state index in [0.717, 1.165) is 12.8 Å². The first-order valence-corrected chi connectivity index (χ1v) is 14.3. The summed E-state index contributed by atoms with van der Waals surface area (Å²) in [5.41, 5.74) is 2.24. The quantitative estimate of drug-likeness (QED) is 0.272. The van der Waals surface area contributed by atoms with Crippen molar-refractivity contribution in [2.24, 2.45) is 0 Å². The van der Waals surface area contributed by atoms with Crippen LogP contribution in [0, 0.1) is 0 Å². The van der Waals surface area contributed by atoms with Gasteiger partial charge in [-0.15, -0.1) is 0 Å². The molecule has 0 spiro atoms. The molecule has 0 bridgehead atoms. The zero-order chi connectivity index (χ0) is 23.3. The van der Waals surface area contributed by atoms with Gasteiger partial charge in [0.25, 0.3) is 0 Å². The SMILES string of the molecule is CC(C)(C)[Si](C)(C)O[C@H]1C[C@@H](OC(=O)c2ccc3nc(-c4cc(Cl)cc(Cl)c4)oc3c2)C1. The second-order valence-electron chi connectivity index (χ2n) is 9.86.